The van der Waals surface area contributed by atoms with Gasteiger partial charge in [0.25, 0.3) is 0 Å². The topological polar surface area (TPSA) is 41.3 Å². The molecular formula is C16H21F2N3. The fourth-order valence-corrected chi connectivity index (χ4v) is 3.36. The van der Waals surface area contributed by atoms with Gasteiger partial charge in [0, 0.05) is 24.0 Å². The van der Waals surface area contributed by atoms with Crippen LogP contribution in [0, 0.1) is 11.6 Å². The van der Waals surface area contributed by atoms with Crippen molar-refractivity contribution in [3.8, 4) is 0 Å². The molecule has 0 saturated carbocycles. The molecule has 0 aromatic heterocycles. The molecule has 3 rings (SSSR count). The van der Waals surface area contributed by atoms with Crippen molar-refractivity contribution in [2.75, 3.05) is 13.2 Å². The van der Waals surface area contributed by atoms with Crippen molar-refractivity contribution in [2.45, 2.75) is 38.1 Å². The molecule has 0 amide bonds. The first-order chi connectivity index (χ1) is 10.2. The van der Waals surface area contributed by atoms with Crippen molar-refractivity contribution in [1.29, 1.82) is 0 Å². The van der Waals surface area contributed by atoms with Crippen molar-refractivity contribution in [1.82, 2.24) is 10.2 Å². The highest BCUT2D eigenvalue weighted by atomic mass is 19.1. The Balaban J connectivity index is 1.75. The van der Waals surface area contributed by atoms with Gasteiger partial charge < -0.3 is 16.0 Å². The number of nitrogens with two attached hydrogens (primary N) is 1. The predicted molar refractivity (Wildman–Crippen MR) is 78.4 cm³/mol. The fraction of sp³-hybridized carbons (Fsp3) is 0.500. The van der Waals surface area contributed by atoms with Crippen LogP contribution in [0.1, 0.15) is 30.4 Å². The van der Waals surface area contributed by atoms with Crippen molar-refractivity contribution in [3.05, 3.63) is 46.8 Å². The Hall–Kier alpha value is -1.62. The van der Waals surface area contributed by atoms with Crippen LogP contribution in [-0.2, 0) is 12.8 Å². The van der Waals surface area contributed by atoms with Crippen LogP contribution in [0.15, 0.2) is 24.0 Å². The number of halogens is 2. The monoisotopic (exact) mass is 293 g/mol. The average molecular weight is 293 g/mol. The molecule has 0 saturated heterocycles. The SMILES string of the molecule is NCCCC1=CNCN1[C@H]1CCc2c(F)cc(F)cc2C1. The molecular weight excluding hydrogens is 272 g/mol. The minimum absolute atomic E-state index is 0.303. The second-order valence-electron chi connectivity index (χ2n) is 5.78. The van der Waals surface area contributed by atoms with E-state index < -0.39 is 11.6 Å². The maximum absolute atomic E-state index is 13.8. The van der Waals surface area contributed by atoms with Crippen LogP contribution in [-0.4, -0.2) is 24.2 Å². The van der Waals surface area contributed by atoms with Gasteiger partial charge in [-0.05, 0) is 55.8 Å². The molecule has 1 aromatic rings. The smallest absolute Gasteiger partial charge is 0.129 e. The zero-order chi connectivity index (χ0) is 14.8. The van der Waals surface area contributed by atoms with E-state index in [1.54, 1.807) is 0 Å². The molecule has 0 unspecified atom stereocenters. The van der Waals surface area contributed by atoms with E-state index in [4.69, 9.17) is 5.73 Å². The molecule has 1 aromatic carbocycles. The van der Waals surface area contributed by atoms with Crippen LogP contribution in [0.4, 0.5) is 8.78 Å². The maximum atomic E-state index is 13.8. The molecule has 0 spiro atoms. The van der Waals surface area contributed by atoms with E-state index in [1.165, 1.54) is 11.8 Å². The normalized spacial score (nSPS) is 21.0. The number of nitrogens with zero attached hydrogens (tertiary/aromatic N) is 1. The summed E-state index contributed by atoms with van der Waals surface area (Å²) in [6.45, 7) is 1.45. The summed E-state index contributed by atoms with van der Waals surface area (Å²) < 4.78 is 27.2. The molecule has 0 fully saturated rings. The molecule has 5 heteroatoms. The largest absolute Gasteiger partial charge is 0.372 e. The third kappa shape index (κ3) is 2.88. The summed E-state index contributed by atoms with van der Waals surface area (Å²) in [6.07, 6.45) is 6.22. The highest BCUT2D eigenvalue weighted by Crippen LogP contribution is 2.30. The van der Waals surface area contributed by atoms with Gasteiger partial charge in [-0.1, -0.05) is 0 Å². The van der Waals surface area contributed by atoms with E-state index in [1.807, 2.05) is 6.20 Å². The van der Waals surface area contributed by atoms with E-state index in [0.717, 1.165) is 37.6 Å². The summed E-state index contributed by atoms with van der Waals surface area (Å²) in [4.78, 5) is 2.32. The number of fused-ring (bicyclic) bond motifs is 1. The quantitative estimate of drug-likeness (QED) is 0.895. The molecule has 3 N–H and O–H groups in total. The van der Waals surface area contributed by atoms with E-state index in [2.05, 4.69) is 10.2 Å². The first kappa shape index (κ1) is 14.3. The zero-order valence-electron chi connectivity index (χ0n) is 12.0. The Morgan fingerprint density at radius 1 is 1.33 bits per heavy atom. The number of hydrogen-bond acceptors (Lipinski definition) is 3. The molecule has 1 aliphatic heterocycles. The number of rotatable bonds is 4. The van der Waals surface area contributed by atoms with Crippen LogP contribution in [0.2, 0.25) is 0 Å². The molecule has 0 bridgehead atoms. The highest BCUT2D eigenvalue weighted by Gasteiger charge is 2.29. The third-order valence-corrected chi connectivity index (χ3v) is 4.41. The van der Waals surface area contributed by atoms with Gasteiger partial charge in [0.05, 0.1) is 6.67 Å². The fourth-order valence-electron chi connectivity index (χ4n) is 3.36. The van der Waals surface area contributed by atoms with Crippen molar-refractivity contribution in [2.24, 2.45) is 5.73 Å². The van der Waals surface area contributed by atoms with Gasteiger partial charge >= 0.3 is 0 Å². The molecule has 2 aliphatic rings. The van der Waals surface area contributed by atoms with Crippen molar-refractivity contribution < 1.29 is 8.78 Å². The predicted octanol–water partition coefficient (Wildman–Crippen LogP) is 2.27. The summed E-state index contributed by atoms with van der Waals surface area (Å²) in [6, 6.07) is 2.78. The average Bonchev–Trinajstić information content (AvgIpc) is 2.92. The second kappa shape index (κ2) is 6.02. The lowest BCUT2D eigenvalue weighted by atomic mass is 9.87. The lowest BCUT2D eigenvalue weighted by molar-refractivity contribution is 0.234. The van der Waals surface area contributed by atoms with Crippen LogP contribution < -0.4 is 11.1 Å². The van der Waals surface area contributed by atoms with Crippen LogP contribution in [0.25, 0.3) is 0 Å². The lowest BCUT2D eigenvalue weighted by Crippen LogP contribution is -2.39. The van der Waals surface area contributed by atoms with Gasteiger partial charge in [0.1, 0.15) is 11.6 Å². The van der Waals surface area contributed by atoms with Gasteiger partial charge in [-0.2, -0.15) is 0 Å². The second-order valence-corrected chi connectivity index (χ2v) is 5.78. The van der Waals surface area contributed by atoms with Crippen molar-refractivity contribution in [3.63, 3.8) is 0 Å². The lowest BCUT2D eigenvalue weighted by Gasteiger charge is -2.35. The Morgan fingerprint density at radius 2 is 2.19 bits per heavy atom. The number of hydrogen-bond donors (Lipinski definition) is 2. The molecule has 1 aliphatic carbocycles. The van der Waals surface area contributed by atoms with E-state index >= 15 is 0 Å². The molecule has 0 radical (unpaired) electrons. The van der Waals surface area contributed by atoms with Gasteiger partial charge in [-0.15, -0.1) is 0 Å². The number of benzene rings is 1. The Morgan fingerprint density at radius 3 is 3.00 bits per heavy atom. The summed E-state index contributed by atoms with van der Waals surface area (Å²) in [5.74, 6) is -0.882. The third-order valence-electron chi connectivity index (χ3n) is 4.41. The first-order valence-corrected chi connectivity index (χ1v) is 7.55. The summed E-state index contributed by atoms with van der Waals surface area (Å²) in [5.41, 5.74) is 8.33. The van der Waals surface area contributed by atoms with Gasteiger partial charge in [0.2, 0.25) is 0 Å². The zero-order valence-corrected chi connectivity index (χ0v) is 12.0. The molecule has 1 atom stereocenters. The Labute approximate surface area is 123 Å². The van der Waals surface area contributed by atoms with Crippen LogP contribution in [0.5, 0.6) is 0 Å². The van der Waals surface area contributed by atoms with Gasteiger partial charge in [-0.25, -0.2) is 8.78 Å². The number of allylic oxidation sites excluding steroid dienone is 1. The van der Waals surface area contributed by atoms with Gasteiger partial charge in [-0.3, -0.25) is 0 Å². The maximum Gasteiger partial charge on any atom is 0.129 e. The minimum Gasteiger partial charge on any atom is -0.372 e. The summed E-state index contributed by atoms with van der Waals surface area (Å²) >= 11 is 0. The minimum atomic E-state index is -0.481. The highest BCUT2D eigenvalue weighted by molar-refractivity contribution is 5.33. The first-order valence-electron chi connectivity index (χ1n) is 7.55. The van der Waals surface area contributed by atoms with E-state index in [0.29, 0.717) is 31.0 Å². The van der Waals surface area contributed by atoms with Crippen LogP contribution in [0.3, 0.4) is 0 Å². The Bertz CT molecular complexity index is 557. The summed E-state index contributed by atoms with van der Waals surface area (Å²) in [5, 5.41) is 3.25. The summed E-state index contributed by atoms with van der Waals surface area (Å²) in [7, 11) is 0. The van der Waals surface area contributed by atoms with Crippen molar-refractivity contribution >= 4 is 0 Å². The standard InChI is InChI=1S/C16H21F2N3/c17-12-6-11-7-13(3-4-15(11)16(18)8-12)21-10-20-9-14(21)2-1-5-19/h6,8-9,13,20H,1-5,7,10,19H2/t13-/m0/s1. The molecule has 21 heavy (non-hydrogen) atoms. The molecule has 1 heterocycles. The van der Waals surface area contributed by atoms with E-state index in [-0.39, 0.29) is 0 Å². The molecule has 114 valence electrons. The van der Waals surface area contributed by atoms with Crippen LogP contribution >= 0.6 is 0 Å². The van der Waals surface area contributed by atoms with E-state index in [9.17, 15) is 8.78 Å². The van der Waals surface area contributed by atoms with Gasteiger partial charge in [0.15, 0.2) is 0 Å². The Kier molecular flexibility index (Phi) is 4.10. The molecule has 3 nitrogen and oxygen atoms in total. The number of nitrogens with one attached hydrogen (secondary N) is 1.